The number of nitrogens with zero attached hydrogens (tertiary/aromatic N) is 6. The lowest BCUT2D eigenvalue weighted by Crippen LogP contribution is -2.23. The average Bonchev–Trinajstić information content (AvgIpc) is 2.50. The molecule has 21 heavy (non-hydrogen) atoms. The normalized spacial score (nSPS) is 19.2. The molecule has 1 atom stereocenters. The van der Waals surface area contributed by atoms with Gasteiger partial charge in [0.2, 0.25) is 0 Å². The zero-order chi connectivity index (χ0) is 14.9. The first kappa shape index (κ1) is 14.9. The lowest BCUT2D eigenvalue weighted by atomic mass is 10.3. The molecular weight excluding hydrogens is 268 g/mol. The lowest BCUT2D eigenvalue weighted by Gasteiger charge is -2.20. The molecule has 0 bridgehead atoms. The first-order chi connectivity index (χ1) is 10.3. The minimum atomic E-state index is -0.113. The molecule has 0 aromatic carbocycles. The molecule has 0 aliphatic carbocycles. The third-order valence-corrected chi connectivity index (χ3v) is 2.84. The van der Waals surface area contributed by atoms with Crippen molar-refractivity contribution in [3.63, 3.8) is 0 Å². The highest BCUT2D eigenvalue weighted by molar-refractivity contribution is 5.53. The highest BCUT2D eigenvalue weighted by Gasteiger charge is 2.07. The van der Waals surface area contributed by atoms with Crippen molar-refractivity contribution in [1.29, 1.82) is 0 Å². The fourth-order valence-electron chi connectivity index (χ4n) is 1.75. The number of aliphatic hydroxyl groups is 1. The molecule has 2 rings (SSSR count). The number of aromatic nitrogens is 1. The van der Waals surface area contributed by atoms with Gasteiger partial charge in [-0.15, -0.1) is 15.3 Å². The molecule has 0 saturated carbocycles. The molecule has 0 amide bonds. The van der Waals surface area contributed by atoms with Gasteiger partial charge in [0, 0.05) is 26.0 Å². The molecule has 1 aromatic heterocycles. The van der Waals surface area contributed by atoms with Gasteiger partial charge >= 0.3 is 0 Å². The monoisotopic (exact) mass is 286 g/mol. The Morgan fingerprint density at radius 1 is 1.33 bits per heavy atom. The van der Waals surface area contributed by atoms with E-state index in [0.717, 1.165) is 0 Å². The zero-order valence-electron chi connectivity index (χ0n) is 11.8. The van der Waals surface area contributed by atoms with Crippen LogP contribution in [0.5, 0.6) is 0 Å². The highest BCUT2D eigenvalue weighted by Crippen LogP contribution is 2.06. The summed E-state index contributed by atoms with van der Waals surface area (Å²) in [6, 6.07) is 5.54. The third kappa shape index (κ3) is 4.50. The Morgan fingerprint density at radius 3 is 3.05 bits per heavy atom. The number of hydrogen-bond acceptors (Lipinski definition) is 5. The van der Waals surface area contributed by atoms with Crippen LogP contribution in [-0.2, 0) is 6.54 Å². The Labute approximate surface area is 123 Å². The van der Waals surface area contributed by atoms with Crippen molar-refractivity contribution >= 4 is 6.34 Å². The van der Waals surface area contributed by atoms with Crippen LogP contribution in [0.25, 0.3) is 0 Å². The van der Waals surface area contributed by atoms with Gasteiger partial charge in [-0.25, -0.2) is 0 Å². The Hall–Kier alpha value is -2.54. The van der Waals surface area contributed by atoms with Crippen LogP contribution < -0.4 is 5.49 Å². The van der Waals surface area contributed by atoms with E-state index in [0.29, 0.717) is 12.0 Å². The van der Waals surface area contributed by atoms with Crippen LogP contribution in [0, 0.1) is 0 Å². The highest BCUT2D eigenvalue weighted by atomic mass is 16.3. The first-order valence-corrected chi connectivity index (χ1v) is 6.60. The number of pyridine rings is 1. The number of azo groups is 1. The Morgan fingerprint density at radius 2 is 2.24 bits per heavy atom. The van der Waals surface area contributed by atoms with Crippen molar-refractivity contribution in [1.82, 2.24) is 9.47 Å². The number of likely N-dealkylation sites (N-methyl/N-ethyl adjacent to an activating group) is 1. The van der Waals surface area contributed by atoms with Crippen molar-refractivity contribution in [2.45, 2.75) is 12.7 Å². The summed E-state index contributed by atoms with van der Waals surface area (Å²) in [7, 11) is 1.92. The largest absolute Gasteiger partial charge is 0.395 e. The summed E-state index contributed by atoms with van der Waals surface area (Å²) in [5, 5.41) is 24.9. The zero-order valence-corrected chi connectivity index (χ0v) is 11.8. The van der Waals surface area contributed by atoms with Gasteiger partial charge in [-0.3, -0.25) is 0 Å². The third-order valence-electron chi connectivity index (χ3n) is 2.84. The number of allylic oxidation sites excluding steroid dienone is 2. The fourth-order valence-corrected chi connectivity index (χ4v) is 1.75. The molecule has 7 nitrogen and oxygen atoms in total. The van der Waals surface area contributed by atoms with Crippen molar-refractivity contribution in [3.05, 3.63) is 54.3 Å². The SMILES string of the molecule is CN1C=CC=CC1/N=N/C=N/N=c1\ccccn1CCO. The van der Waals surface area contributed by atoms with Gasteiger partial charge in [-0.2, -0.15) is 5.11 Å². The first-order valence-electron chi connectivity index (χ1n) is 6.60. The van der Waals surface area contributed by atoms with Crippen molar-refractivity contribution in [2.24, 2.45) is 20.4 Å². The van der Waals surface area contributed by atoms with Gasteiger partial charge in [0.1, 0.15) is 0 Å². The molecule has 1 aliphatic rings. The Bertz CT molecular complexity index is 628. The summed E-state index contributed by atoms with van der Waals surface area (Å²) in [6.07, 6.45) is 10.7. The molecule has 7 heteroatoms. The topological polar surface area (TPSA) is 77.8 Å². The van der Waals surface area contributed by atoms with Gasteiger partial charge < -0.3 is 14.6 Å². The number of aliphatic hydroxyl groups excluding tert-OH is 1. The van der Waals surface area contributed by atoms with Crippen molar-refractivity contribution < 1.29 is 5.11 Å². The predicted molar refractivity (Wildman–Crippen MR) is 80.3 cm³/mol. The van der Waals surface area contributed by atoms with E-state index in [1.165, 1.54) is 6.34 Å². The van der Waals surface area contributed by atoms with E-state index >= 15 is 0 Å². The van der Waals surface area contributed by atoms with Gasteiger partial charge in [0.15, 0.2) is 18.0 Å². The summed E-state index contributed by atoms with van der Waals surface area (Å²) in [5.41, 5.74) is 0.649. The van der Waals surface area contributed by atoms with Crippen LogP contribution in [0.2, 0.25) is 0 Å². The summed E-state index contributed by atoms with van der Waals surface area (Å²) in [5.74, 6) is 0. The van der Waals surface area contributed by atoms with E-state index in [4.69, 9.17) is 5.11 Å². The number of hydrogen-bond donors (Lipinski definition) is 1. The molecule has 1 aromatic rings. The van der Waals surface area contributed by atoms with Crippen LogP contribution in [0.4, 0.5) is 0 Å². The summed E-state index contributed by atoms with van der Waals surface area (Å²) < 4.78 is 1.80. The van der Waals surface area contributed by atoms with E-state index in [1.807, 2.05) is 60.8 Å². The van der Waals surface area contributed by atoms with Gasteiger partial charge in [-0.05, 0) is 24.3 Å². The van der Waals surface area contributed by atoms with E-state index in [9.17, 15) is 0 Å². The molecule has 0 spiro atoms. The molecule has 0 radical (unpaired) electrons. The van der Waals surface area contributed by atoms with E-state index in [1.54, 1.807) is 4.57 Å². The second kappa shape index (κ2) is 7.91. The number of rotatable bonds is 5. The molecule has 1 N–H and O–H groups in total. The Balaban J connectivity index is 2.00. The molecule has 2 heterocycles. The minimum absolute atomic E-state index is 0.0501. The second-order valence-corrected chi connectivity index (χ2v) is 4.34. The smallest absolute Gasteiger partial charge is 0.161 e. The van der Waals surface area contributed by atoms with Crippen LogP contribution in [0.15, 0.2) is 69.3 Å². The van der Waals surface area contributed by atoms with Crippen LogP contribution in [-0.4, -0.2) is 40.7 Å². The van der Waals surface area contributed by atoms with E-state index in [-0.39, 0.29) is 12.8 Å². The van der Waals surface area contributed by atoms with Crippen LogP contribution >= 0.6 is 0 Å². The standard InChI is InChI=1S/C14H18N6O/c1-19-8-4-2-6-13(19)17-15-12-16-18-14-7-3-5-9-20(14)10-11-21/h2-9,12-13,21H,10-11H2,1H3/b16-12+,17-15+,18-14+. The maximum atomic E-state index is 8.97. The molecule has 1 aliphatic heterocycles. The van der Waals surface area contributed by atoms with Gasteiger partial charge in [0.05, 0.1) is 6.61 Å². The molecule has 1 unspecified atom stereocenters. The molecule has 0 fully saturated rings. The quantitative estimate of drug-likeness (QED) is 0.381. The summed E-state index contributed by atoms with van der Waals surface area (Å²) in [6.45, 7) is 0.523. The summed E-state index contributed by atoms with van der Waals surface area (Å²) in [4.78, 5) is 1.93. The molecule has 0 saturated heterocycles. The second-order valence-electron chi connectivity index (χ2n) is 4.34. The Kier molecular flexibility index (Phi) is 5.60. The van der Waals surface area contributed by atoms with Gasteiger partial charge in [0.25, 0.3) is 0 Å². The maximum Gasteiger partial charge on any atom is 0.161 e. The maximum absolute atomic E-state index is 8.97. The van der Waals surface area contributed by atoms with Crippen LogP contribution in [0.3, 0.4) is 0 Å². The molecule has 110 valence electrons. The van der Waals surface area contributed by atoms with Gasteiger partial charge in [-0.1, -0.05) is 12.1 Å². The predicted octanol–water partition coefficient (Wildman–Crippen LogP) is 1.12. The molecular formula is C14H18N6O. The summed E-state index contributed by atoms with van der Waals surface area (Å²) >= 11 is 0. The van der Waals surface area contributed by atoms with E-state index in [2.05, 4.69) is 20.4 Å². The minimum Gasteiger partial charge on any atom is -0.395 e. The average molecular weight is 286 g/mol. The van der Waals surface area contributed by atoms with Crippen LogP contribution in [0.1, 0.15) is 0 Å². The van der Waals surface area contributed by atoms with Crippen molar-refractivity contribution in [2.75, 3.05) is 13.7 Å². The van der Waals surface area contributed by atoms with E-state index < -0.39 is 0 Å². The lowest BCUT2D eigenvalue weighted by molar-refractivity contribution is 0.273. The van der Waals surface area contributed by atoms with Crippen molar-refractivity contribution in [3.8, 4) is 0 Å². The fraction of sp³-hybridized carbons (Fsp3) is 0.286.